The van der Waals surface area contributed by atoms with Gasteiger partial charge < -0.3 is 4.74 Å². The molecule has 0 heterocycles. The summed E-state index contributed by atoms with van der Waals surface area (Å²) in [4.78, 5) is 21.5. The Bertz CT molecular complexity index is 207. The molecule has 0 aromatic carbocycles. The van der Waals surface area contributed by atoms with E-state index >= 15 is 0 Å². The van der Waals surface area contributed by atoms with Gasteiger partial charge in [-0.3, -0.25) is 14.8 Å². The molecule has 0 aromatic heterocycles. The van der Waals surface area contributed by atoms with Gasteiger partial charge in [0.1, 0.15) is 12.1 Å². The fourth-order valence-corrected chi connectivity index (χ4v) is 0.607. The van der Waals surface area contributed by atoms with E-state index in [-0.39, 0.29) is 0 Å². The van der Waals surface area contributed by atoms with Crippen LogP contribution in [0.15, 0.2) is 0 Å². The SMILES string of the molecule is CC(=O)N(O)CC(=O)OC(C)(C)C. The lowest BCUT2D eigenvalue weighted by molar-refractivity contribution is -0.179. The van der Waals surface area contributed by atoms with Gasteiger partial charge in [0.15, 0.2) is 0 Å². The summed E-state index contributed by atoms with van der Waals surface area (Å²) >= 11 is 0. The smallest absolute Gasteiger partial charge is 0.328 e. The first-order valence-corrected chi connectivity index (χ1v) is 3.91. The summed E-state index contributed by atoms with van der Waals surface area (Å²) in [6.45, 7) is 5.85. The number of rotatable bonds is 2. The molecule has 0 aliphatic heterocycles. The number of carbonyl (C=O) groups is 2. The lowest BCUT2D eigenvalue weighted by Crippen LogP contribution is -2.35. The van der Waals surface area contributed by atoms with Crippen LogP contribution in [0, 0.1) is 0 Å². The highest BCUT2D eigenvalue weighted by molar-refractivity contribution is 5.79. The van der Waals surface area contributed by atoms with Crippen LogP contribution < -0.4 is 0 Å². The van der Waals surface area contributed by atoms with Crippen LogP contribution in [0.2, 0.25) is 0 Å². The second-order valence-corrected chi connectivity index (χ2v) is 3.66. The molecule has 0 aromatic rings. The minimum Gasteiger partial charge on any atom is -0.459 e. The van der Waals surface area contributed by atoms with Crippen LogP contribution in [-0.4, -0.2) is 34.3 Å². The van der Waals surface area contributed by atoms with Gasteiger partial charge in [-0.1, -0.05) is 0 Å². The molecule has 0 aliphatic carbocycles. The summed E-state index contributed by atoms with van der Waals surface area (Å²) in [5.74, 6) is -1.23. The zero-order chi connectivity index (χ0) is 10.6. The summed E-state index contributed by atoms with van der Waals surface area (Å²) in [5.41, 5.74) is -0.602. The molecule has 0 unspecified atom stereocenters. The highest BCUT2D eigenvalue weighted by atomic mass is 16.6. The van der Waals surface area contributed by atoms with Gasteiger partial charge in [-0.25, -0.2) is 5.06 Å². The third-order valence-electron chi connectivity index (χ3n) is 1.06. The topological polar surface area (TPSA) is 66.8 Å². The number of hydroxylamine groups is 2. The number of esters is 1. The summed E-state index contributed by atoms with van der Waals surface area (Å²) in [6.07, 6.45) is 0. The minimum absolute atomic E-state index is 0.314. The Morgan fingerprint density at radius 1 is 1.38 bits per heavy atom. The van der Waals surface area contributed by atoms with Crippen LogP contribution in [0.4, 0.5) is 0 Å². The second-order valence-electron chi connectivity index (χ2n) is 3.66. The van der Waals surface area contributed by atoms with Gasteiger partial charge in [-0.05, 0) is 20.8 Å². The molecule has 0 aliphatic rings. The summed E-state index contributed by atoms with van der Waals surface area (Å²) in [6, 6.07) is 0. The molecule has 0 fully saturated rings. The van der Waals surface area contributed by atoms with Crippen LogP contribution in [0.1, 0.15) is 27.7 Å². The van der Waals surface area contributed by atoms with Gasteiger partial charge in [-0.15, -0.1) is 0 Å². The molecular formula is C8H15NO4. The van der Waals surface area contributed by atoms with Gasteiger partial charge in [-0.2, -0.15) is 0 Å². The third-order valence-corrected chi connectivity index (χ3v) is 1.06. The molecule has 5 heteroatoms. The third kappa shape index (κ3) is 6.10. The van der Waals surface area contributed by atoms with Crippen molar-refractivity contribution in [2.75, 3.05) is 6.54 Å². The number of amides is 1. The molecule has 5 nitrogen and oxygen atoms in total. The molecule has 0 rings (SSSR count). The first-order valence-electron chi connectivity index (χ1n) is 3.91. The zero-order valence-electron chi connectivity index (χ0n) is 8.33. The Labute approximate surface area is 77.2 Å². The van der Waals surface area contributed by atoms with Crippen LogP contribution in [0.25, 0.3) is 0 Å². The molecule has 0 atom stereocenters. The zero-order valence-corrected chi connectivity index (χ0v) is 8.33. The average molecular weight is 189 g/mol. The van der Waals surface area contributed by atoms with Crippen molar-refractivity contribution in [3.05, 3.63) is 0 Å². The van der Waals surface area contributed by atoms with Crippen molar-refractivity contribution in [3.8, 4) is 0 Å². The predicted molar refractivity (Wildman–Crippen MR) is 45.0 cm³/mol. The van der Waals surface area contributed by atoms with Crippen LogP contribution in [0.3, 0.4) is 0 Å². The van der Waals surface area contributed by atoms with Crippen molar-refractivity contribution in [1.82, 2.24) is 5.06 Å². The lowest BCUT2D eigenvalue weighted by atomic mass is 10.2. The average Bonchev–Trinajstić information content (AvgIpc) is 1.81. The van der Waals surface area contributed by atoms with Crippen LogP contribution in [-0.2, 0) is 14.3 Å². The Morgan fingerprint density at radius 3 is 2.15 bits per heavy atom. The maximum Gasteiger partial charge on any atom is 0.328 e. The number of nitrogens with zero attached hydrogens (tertiary/aromatic N) is 1. The summed E-state index contributed by atoms with van der Waals surface area (Å²) in [5, 5.41) is 9.19. The Kier molecular flexibility index (Phi) is 3.87. The van der Waals surface area contributed by atoms with Gasteiger partial charge in [0.25, 0.3) is 0 Å². The van der Waals surface area contributed by atoms with E-state index in [1.807, 2.05) is 0 Å². The van der Waals surface area contributed by atoms with Crippen molar-refractivity contribution < 1.29 is 19.5 Å². The maximum absolute atomic E-state index is 11.0. The highest BCUT2D eigenvalue weighted by Gasteiger charge is 2.19. The fraction of sp³-hybridized carbons (Fsp3) is 0.750. The Morgan fingerprint density at radius 2 is 1.85 bits per heavy atom. The first kappa shape index (κ1) is 11.9. The molecule has 1 amide bonds. The van der Waals surface area contributed by atoms with Gasteiger partial charge >= 0.3 is 5.97 Å². The van der Waals surface area contributed by atoms with E-state index in [9.17, 15) is 9.59 Å². The van der Waals surface area contributed by atoms with E-state index in [1.54, 1.807) is 20.8 Å². The van der Waals surface area contributed by atoms with Gasteiger partial charge in [0.05, 0.1) is 0 Å². The molecular weight excluding hydrogens is 174 g/mol. The lowest BCUT2D eigenvalue weighted by Gasteiger charge is -2.21. The number of carbonyl (C=O) groups excluding carboxylic acids is 2. The standard InChI is InChI=1S/C8H15NO4/c1-6(10)9(12)5-7(11)13-8(2,3)4/h12H,5H2,1-4H3. The van der Waals surface area contributed by atoms with Crippen molar-refractivity contribution >= 4 is 11.9 Å². The monoisotopic (exact) mass is 189 g/mol. The maximum atomic E-state index is 11.0. The largest absolute Gasteiger partial charge is 0.459 e. The van der Waals surface area contributed by atoms with Crippen molar-refractivity contribution in [1.29, 1.82) is 0 Å². The van der Waals surface area contributed by atoms with Crippen molar-refractivity contribution in [3.63, 3.8) is 0 Å². The normalized spacial score (nSPS) is 10.8. The van der Waals surface area contributed by atoms with E-state index in [4.69, 9.17) is 9.94 Å². The van der Waals surface area contributed by atoms with Gasteiger partial charge in [0.2, 0.25) is 5.91 Å². The molecule has 0 bridgehead atoms. The van der Waals surface area contributed by atoms with E-state index in [0.717, 1.165) is 6.92 Å². The molecule has 0 spiro atoms. The number of hydrogen-bond donors (Lipinski definition) is 1. The highest BCUT2D eigenvalue weighted by Crippen LogP contribution is 2.06. The first-order chi connectivity index (χ1) is 5.72. The van der Waals surface area contributed by atoms with Crippen molar-refractivity contribution in [2.45, 2.75) is 33.3 Å². The number of ether oxygens (including phenoxy) is 1. The second kappa shape index (κ2) is 4.23. The van der Waals surface area contributed by atoms with E-state index in [0.29, 0.717) is 5.06 Å². The summed E-state index contributed by atoms with van der Waals surface area (Å²) < 4.78 is 4.87. The summed E-state index contributed by atoms with van der Waals surface area (Å²) in [7, 11) is 0. The van der Waals surface area contributed by atoms with E-state index < -0.39 is 24.0 Å². The Hall–Kier alpha value is -1.10. The minimum atomic E-state index is -0.634. The van der Waals surface area contributed by atoms with E-state index in [2.05, 4.69) is 0 Å². The van der Waals surface area contributed by atoms with Gasteiger partial charge in [0, 0.05) is 6.92 Å². The molecule has 0 saturated carbocycles. The molecule has 0 radical (unpaired) electrons. The fourth-order valence-electron chi connectivity index (χ4n) is 0.607. The molecule has 0 saturated heterocycles. The molecule has 76 valence electrons. The van der Waals surface area contributed by atoms with E-state index in [1.165, 1.54) is 0 Å². The Balaban J connectivity index is 3.96. The number of hydrogen-bond acceptors (Lipinski definition) is 4. The molecule has 1 N–H and O–H groups in total. The van der Waals surface area contributed by atoms with Crippen LogP contribution in [0.5, 0.6) is 0 Å². The predicted octanol–water partition coefficient (Wildman–Crippen LogP) is 0.566. The quantitative estimate of drug-likeness (QED) is 0.391. The molecule has 13 heavy (non-hydrogen) atoms. The van der Waals surface area contributed by atoms with Crippen molar-refractivity contribution in [2.24, 2.45) is 0 Å². The van der Waals surface area contributed by atoms with Crippen LogP contribution >= 0.6 is 0 Å².